The molecular weight excluding hydrogens is 304 g/mol. The molecule has 124 valence electrons. The van der Waals surface area contributed by atoms with Crippen molar-refractivity contribution in [2.45, 2.75) is 26.8 Å². The number of hydrogen-bond acceptors (Lipinski definition) is 3. The van der Waals surface area contributed by atoms with Crippen LogP contribution < -0.4 is 5.32 Å². The number of carbonyl (C=O) groups is 1. The van der Waals surface area contributed by atoms with E-state index in [1.807, 2.05) is 32.9 Å². The van der Waals surface area contributed by atoms with Gasteiger partial charge in [0, 0.05) is 18.2 Å². The molecule has 0 unspecified atom stereocenters. The fourth-order valence-electron chi connectivity index (χ4n) is 2.29. The Morgan fingerprint density at radius 1 is 1.17 bits per heavy atom. The maximum Gasteiger partial charge on any atom is 0.270 e. The molecule has 0 saturated heterocycles. The van der Waals surface area contributed by atoms with Crippen molar-refractivity contribution in [3.63, 3.8) is 0 Å². The molecule has 5 heteroatoms. The third kappa shape index (κ3) is 4.52. The molecule has 0 aliphatic rings. The standard InChI is InChI=1S/C19H20N2O3/c1-13-7-9-17(11-14(13)2)15(3)20-19(22)10-8-16-5-4-6-18(12-16)21(23)24/h4-12,15H,1-3H3,(H,20,22)/b10-8+/t15-/m0/s1. The molecule has 0 aromatic heterocycles. The first-order valence-electron chi connectivity index (χ1n) is 7.67. The van der Waals surface area contributed by atoms with Crippen LogP contribution in [-0.4, -0.2) is 10.8 Å². The summed E-state index contributed by atoms with van der Waals surface area (Å²) < 4.78 is 0. The third-order valence-electron chi connectivity index (χ3n) is 3.90. The highest BCUT2D eigenvalue weighted by Gasteiger charge is 2.09. The Morgan fingerprint density at radius 3 is 2.58 bits per heavy atom. The summed E-state index contributed by atoms with van der Waals surface area (Å²) in [7, 11) is 0. The summed E-state index contributed by atoms with van der Waals surface area (Å²) >= 11 is 0. The van der Waals surface area contributed by atoms with E-state index in [0.717, 1.165) is 5.56 Å². The van der Waals surface area contributed by atoms with Gasteiger partial charge in [-0.15, -0.1) is 0 Å². The molecule has 2 aromatic rings. The predicted octanol–water partition coefficient (Wildman–Crippen LogP) is 4.10. The summed E-state index contributed by atoms with van der Waals surface area (Å²) in [6, 6.07) is 12.1. The molecule has 1 amide bonds. The number of non-ortho nitro benzene ring substituents is 1. The van der Waals surface area contributed by atoms with E-state index >= 15 is 0 Å². The molecule has 1 N–H and O–H groups in total. The monoisotopic (exact) mass is 324 g/mol. The number of nitro benzene ring substituents is 1. The van der Waals surface area contributed by atoms with Crippen LogP contribution in [0.2, 0.25) is 0 Å². The lowest BCUT2D eigenvalue weighted by Gasteiger charge is -2.14. The van der Waals surface area contributed by atoms with E-state index in [0.29, 0.717) is 5.56 Å². The van der Waals surface area contributed by atoms with Gasteiger partial charge in [-0.25, -0.2) is 0 Å². The van der Waals surface area contributed by atoms with Gasteiger partial charge in [0.05, 0.1) is 11.0 Å². The summed E-state index contributed by atoms with van der Waals surface area (Å²) in [6.07, 6.45) is 2.95. The molecular formula is C19H20N2O3. The minimum atomic E-state index is -0.459. The summed E-state index contributed by atoms with van der Waals surface area (Å²) in [4.78, 5) is 22.3. The SMILES string of the molecule is Cc1ccc([C@H](C)NC(=O)/C=C/c2cccc([N+](=O)[O-])c2)cc1C. The van der Waals surface area contributed by atoms with Gasteiger partial charge in [0.15, 0.2) is 0 Å². The van der Waals surface area contributed by atoms with Crippen LogP contribution in [0.5, 0.6) is 0 Å². The van der Waals surface area contributed by atoms with Crippen LogP contribution in [0, 0.1) is 24.0 Å². The fourth-order valence-corrected chi connectivity index (χ4v) is 2.29. The van der Waals surface area contributed by atoms with Crippen LogP contribution in [-0.2, 0) is 4.79 Å². The molecule has 0 saturated carbocycles. The summed E-state index contributed by atoms with van der Waals surface area (Å²) in [6.45, 7) is 6.00. The van der Waals surface area contributed by atoms with Crippen molar-refractivity contribution in [3.05, 3.63) is 80.9 Å². The van der Waals surface area contributed by atoms with Crippen LogP contribution in [0.4, 0.5) is 5.69 Å². The molecule has 2 aromatic carbocycles. The van der Waals surface area contributed by atoms with Gasteiger partial charge in [-0.3, -0.25) is 14.9 Å². The van der Waals surface area contributed by atoms with Crippen LogP contribution in [0.25, 0.3) is 6.08 Å². The molecule has 24 heavy (non-hydrogen) atoms. The lowest BCUT2D eigenvalue weighted by Crippen LogP contribution is -2.24. The largest absolute Gasteiger partial charge is 0.346 e. The van der Waals surface area contributed by atoms with Gasteiger partial charge in [-0.2, -0.15) is 0 Å². The number of rotatable bonds is 5. The maximum atomic E-state index is 12.0. The van der Waals surface area contributed by atoms with Crippen molar-refractivity contribution in [2.24, 2.45) is 0 Å². The zero-order valence-corrected chi connectivity index (χ0v) is 13.9. The first-order valence-corrected chi connectivity index (χ1v) is 7.67. The average molecular weight is 324 g/mol. The molecule has 0 aliphatic heterocycles. The summed E-state index contributed by atoms with van der Waals surface area (Å²) in [5.74, 6) is -0.243. The van der Waals surface area contributed by atoms with E-state index in [1.54, 1.807) is 18.2 Å². The molecule has 0 fully saturated rings. The molecule has 2 rings (SSSR count). The second-order valence-electron chi connectivity index (χ2n) is 5.76. The van der Waals surface area contributed by atoms with Gasteiger partial charge in [0.2, 0.25) is 5.91 Å². The molecule has 1 atom stereocenters. The Bertz CT molecular complexity index is 797. The van der Waals surface area contributed by atoms with Gasteiger partial charge in [-0.05, 0) is 49.1 Å². The Kier molecular flexibility index (Phi) is 5.47. The predicted molar refractivity (Wildman–Crippen MR) is 94.6 cm³/mol. The van der Waals surface area contributed by atoms with E-state index in [2.05, 4.69) is 11.4 Å². The van der Waals surface area contributed by atoms with Gasteiger partial charge in [0.25, 0.3) is 5.69 Å². The Hall–Kier alpha value is -2.95. The highest BCUT2D eigenvalue weighted by atomic mass is 16.6. The van der Waals surface area contributed by atoms with E-state index in [1.165, 1.54) is 29.3 Å². The van der Waals surface area contributed by atoms with Crippen molar-refractivity contribution in [3.8, 4) is 0 Å². The minimum Gasteiger partial charge on any atom is -0.346 e. The number of benzene rings is 2. The number of hydrogen-bond donors (Lipinski definition) is 1. The first-order chi connectivity index (χ1) is 11.4. The fraction of sp³-hybridized carbons (Fsp3) is 0.211. The third-order valence-corrected chi connectivity index (χ3v) is 3.90. The van der Waals surface area contributed by atoms with Crippen LogP contribution in [0.15, 0.2) is 48.5 Å². The van der Waals surface area contributed by atoms with Crippen LogP contribution >= 0.6 is 0 Å². The number of amides is 1. The lowest BCUT2D eigenvalue weighted by molar-refractivity contribution is -0.384. The molecule has 0 radical (unpaired) electrons. The summed E-state index contributed by atoms with van der Waals surface area (Å²) in [5.41, 5.74) is 4.04. The molecule has 0 heterocycles. The lowest BCUT2D eigenvalue weighted by atomic mass is 10.0. The molecule has 5 nitrogen and oxygen atoms in total. The summed E-state index contributed by atoms with van der Waals surface area (Å²) in [5, 5.41) is 13.6. The van der Waals surface area contributed by atoms with Crippen molar-refractivity contribution in [1.82, 2.24) is 5.32 Å². The molecule has 0 aliphatic carbocycles. The van der Waals surface area contributed by atoms with Gasteiger partial charge in [0.1, 0.15) is 0 Å². The van der Waals surface area contributed by atoms with Crippen molar-refractivity contribution >= 4 is 17.7 Å². The van der Waals surface area contributed by atoms with Crippen LogP contribution in [0.3, 0.4) is 0 Å². The van der Waals surface area contributed by atoms with Gasteiger partial charge >= 0.3 is 0 Å². The smallest absolute Gasteiger partial charge is 0.270 e. The van der Waals surface area contributed by atoms with E-state index < -0.39 is 4.92 Å². The minimum absolute atomic E-state index is 0.000979. The Morgan fingerprint density at radius 2 is 1.92 bits per heavy atom. The Balaban J connectivity index is 2.03. The van der Waals surface area contributed by atoms with E-state index in [9.17, 15) is 14.9 Å². The van der Waals surface area contributed by atoms with Crippen LogP contribution in [0.1, 0.15) is 35.2 Å². The average Bonchev–Trinajstić information content (AvgIpc) is 2.55. The number of nitrogens with zero attached hydrogens (tertiary/aromatic N) is 1. The number of nitrogens with one attached hydrogen (secondary N) is 1. The van der Waals surface area contributed by atoms with E-state index in [-0.39, 0.29) is 17.6 Å². The zero-order valence-electron chi connectivity index (χ0n) is 13.9. The highest BCUT2D eigenvalue weighted by Crippen LogP contribution is 2.17. The molecule has 0 bridgehead atoms. The van der Waals surface area contributed by atoms with E-state index in [4.69, 9.17) is 0 Å². The number of carbonyl (C=O) groups excluding carboxylic acids is 1. The van der Waals surface area contributed by atoms with Crippen molar-refractivity contribution in [1.29, 1.82) is 0 Å². The number of aryl methyl sites for hydroxylation is 2. The zero-order chi connectivity index (χ0) is 17.7. The molecule has 0 spiro atoms. The quantitative estimate of drug-likeness (QED) is 0.511. The van der Waals surface area contributed by atoms with Gasteiger partial charge in [-0.1, -0.05) is 30.3 Å². The second kappa shape index (κ2) is 7.55. The van der Waals surface area contributed by atoms with Crippen molar-refractivity contribution < 1.29 is 9.72 Å². The second-order valence-corrected chi connectivity index (χ2v) is 5.76. The van der Waals surface area contributed by atoms with Crippen molar-refractivity contribution in [2.75, 3.05) is 0 Å². The van der Waals surface area contributed by atoms with Gasteiger partial charge < -0.3 is 5.32 Å². The Labute approximate surface area is 141 Å². The number of nitro groups is 1. The maximum absolute atomic E-state index is 12.0. The topological polar surface area (TPSA) is 72.2 Å². The normalized spacial score (nSPS) is 12.1. The highest BCUT2D eigenvalue weighted by molar-refractivity contribution is 5.92. The first kappa shape index (κ1) is 17.4.